The van der Waals surface area contributed by atoms with Gasteiger partial charge in [0.2, 0.25) is 25.2 Å². The maximum absolute atomic E-state index is 12.7. The molecule has 21 heteroatoms. The Labute approximate surface area is 335 Å². The van der Waals surface area contributed by atoms with E-state index in [4.69, 9.17) is 61.3 Å². The summed E-state index contributed by atoms with van der Waals surface area (Å²) in [5.41, 5.74) is 5.89. The van der Waals surface area contributed by atoms with Crippen molar-refractivity contribution in [1.82, 2.24) is 9.97 Å². The number of halogens is 2. The molecule has 2 aliphatic heterocycles. The number of nitrogens with zero attached hydrogens (tertiary/aromatic N) is 2. The van der Waals surface area contributed by atoms with Crippen LogP contribution in [-0.4, -0.2) is 52.3 Å². The van der Waals surface area contributed by atoms with Crippen LogP contribution in [-0.2, 0) is 16.8 Å². The van der Waals surface area contributed by atoms with Gasteiger partial charge >= 0.3 is 16.8 Å². The monoisotopic (exact) mass is 871 g/mol. The Kier molecular flexibility index (Phi) is 14.1. The molecule has 6 aromatic rings. The number of aromatic nitrogens is 2. The van der Waals surface area contributed by atoms with Gasteiger partial charge in [0.05, 0.1) is 0 Å². The number of carbonyl (C=O) groups excluding carboxylic acids is 2. The third-order valence-electron chi connectivity index (χ3n) is 8.09. The molecule has 2 aliphatic carbocycles. The molecule has 4 heterocycles. The van der Waals surface area contributed by atoms with Crippen molar-refractivity contribution in [2.75, 3.05) is 20.2 Å². The number of hydrogen-bond donors (Lipinski definition) is 1. The summed E-state index contributed by atoms with van der Waals surface area (Å²) in [6.07, 6.45) is 3.32. The van der Waals surface area contributed by atoms with Crippen LogP contribution in [0.4, 0.5) is 0 Å². The Hall–Kier alpha value is -5.07. The molecule has 0 atom stereocenters. The van der Waals surface area contributed by atoms with Crippen molar-refractivity contribution in [2.45, 2.75) is 6.92 Å². The topological polar surface area (TPSA) is 333 Å². The molecular formula is C36H26Cl2CoN2O16. The Morgan fingerprint density at radius 2 is 0.912 bits per heavy atom. The van der Waals surface area contributed by atoms with Crippen LogP contribution in [0, 0.1) is 20.5 Å². The summed E-state index contributed by atoms with van der Waals surface area (Å²) in [4.78, 5) is 33.9. The first-order valence-electron chi connectivity index (χ1n) is 15.7. The van der Waals surface area contributed by atoms with E-state index < -0.39 is 20.5 Å². The van der Waals surface area contributed by atoms with Gasteiger partial charge in [-0.15, -0.1) is 20.5 Å². The van der Waals surface area contributed by atoms with Gasteiger partial charge < -0.3 is 29.5 Å². The van der Waals surface area contributed by atoms with Crippen LogP contribution in [0.5, 0.6) is 23.0 Å². The van der Waals surface area contributed by atoms with Crippen LogP contribution < -0.4 is 56.2 Å². The molecular weight excluding hydrogens is 846 g/mol. The SMILES string of the molecule is CCO.O.O=C1c2ccccc2-c2c3c(cc4ccnc1c24)OCO3.O=C1c2ccccc2-c2c3c(cc4ccnc1c24)OCO3.[Co+2].[O-][Cl+3]([O-])([O-])[O-].[O-][Cl+3]([O-])([O-])[O-]. The molecule has 1 radical (unpaired) electrons. The molecule has 0 fully saturated rings. The molecule has 0 unspecified atom stereocenters. The second-order valence-electron chi connectivity index (χ2n) is 11.3. The van der Waals surface area contributed by atoms with Crippen LogP contribution >= 0.6 is 0 Å². The number of aliphatic hydroxyl groups is 1. The summed E-state index contributed by atoms with van der Waals surface area (Å²) in [6.45, 7) is 2.34. The first kappa shape index (κ1) is 44.6. The Balaban J connectivity index is 0.000000190. The van der Waals surface area contributed by atoms with Crippen molar-refractivity contribution in [1.29, 1.82) is 0 Å². The number of hydrogen-bond acceptors (Lipinski definition) is 17. The molecule has 0 saturated carbocycles. The molecule has 0 bridgehead atoms. The van der Waals surface area contributed by atoms with Gasteiger partial charge in [-0.05, 0) is 53.1 Å². The Morgan fingerprint density at radius 3 is 1.25 bits per heavy atom. The Bertz CT molecular complexity index is 2280. The van der Waals surface area contributed by atoms with Gasteiger partial charge in [0.15, 0.2) is 23.0 Å². The zero-order valence-electron chi connectivity index (χ0n) is 28.9. The first-order chi connectivity index (χ1) is 26.1. The van der Waals surface area contributed by atoms with Crippen LogP contribution in [0.25, 0.3) is 43.8 Å². The van der Waals surface area contributed by atoms with Gasteiger partial charge in [0, 0.05) is 52.0 Å². The van der Waals surface area contributed by atoms with Crippen molar-refractivity contribution in [3.63, 3.8) is 0 Å². The van der Waals surface area contributed by atoms with E-state index in [0.717, 1.165) is 55.3 Å². The number of benzene rings is 4. The third kappa shape index (κ3) is 9.56. The zero-order chi connectivity index (χ0) is 39.7. The fourth-order valence-corrected chi connectivity index (χ4v) is 6.32. The molecule has 4 aromatic carbocycles. The number of ketones is 2. The molecule has 299 valence electrons. The van der Waals surface area contributed by atoms with Gasteiger partial charge in [-0.25, -0.2) is 37.3 Å². The fourth-order valence-electron chi connectivity index (χ4n) is 6.32. The van der Waals surface area contributed by atoms with E-state index >= 15 is 0 Å². The summed E-state index contributed by atoms with van der Waals surface area (Å²) < 4.78 is 90.3. The first-order valence-corrected chi connectivity index (χ1v) is 18.1. The maximum atomic E-state index is 12.7. The third-order valence-corrected chi connectivity index (χ3v) is 8.09. The summed E-state index contributed by atoms with van der Waals surface area (Å²) >= 11 is 0. The number of fused-ring (bicyclic) bond motifs is 8. The minimum Gasteiger partial charge on any atom is -0.454 e. The predicted octanol–water partition coefficient (Wildman–Crippen LogP) is -3.99. The van der Waals surface area contributed by atoms with Crippen LogP contribution in [0.15, 0.2) is 85.2 Å². The molecule has 3 N–H and O–H groups in total. The summed E-state index contributed by atoms with van der Waals surface area (Å²) in [5.74, 6) is 2.77. The molecule has 10 rings (SSSR count). The van der Waals surface area contributed by atoms with Crippen LogP contribution in [0.1, 0.15) is 39.0 Å². The van der Waals surface area contributed by atoms with E-state index in [1.165, 1.54) is 0 Å². The van der Waals surface area contributed by atoms with Crippen LogP contribution in [0.3, 0.4) is 0 Å². The normalized spacial score (nSPS) is 13.0. The molecule has 0 spiro atoms. The van der Waals surface area contributed by atoms with E-state index in [9.17, 15) is 9.59 Å². The largest absolute Gasteiger partial charge is 2.00 e. The fraction of sp³-hybridized carbons (Fsp3) is 0.111. The van der Waals surface area contributed by atoms with Crippen molar-refractivity contribution < 1.29 is 114 Å². The smallest absolute Gasteiger partial charge is 0.454 e. The summed E-state index contributed by atoms with van der Waals surface area (Å²) in [7, 11) is -9.89. The van der Waals surface area contributed by atoms with Gasteiger partial charge in [0.25, 0.3) is 0 Å². The number of rotatable bonds is 0. The van der Waals surface area contributed by atoms with Gasteiger partial charge in [-0.1, -0.05) is 48.5 Å². The quantitative estimate of drug-likeness (QED) is 0.152. The average Bonchev–Trinajstić information content (AvgIpc) is 3.80. The molecule has 4 aliphatic rings. The van der Waals surface area contributed by atoms with E-state index in [1.807, 2.05) is 72.8 Å². The number of carbonyl (C=O) groups is 2. The van der Waals surface area contributed by atoms with E-state index in [2.05, 4.69) is 9.97 Å². The molecule has 0 amide bonds. The van der Waals surface area contributed by atoms with Gasteiger partial charge in [-0.2, -0.15) is 0 Å². The maximum Gasteiger partial charge on any atom is 2.00 e. The Morgan fingerprint density at radius 1 is 0.596 bits per heavy atom. The minimum atomic E-state index is -4.94. The van der Waals surface area contributed by atoms with Gasteiger partial charge in [0.1, 0.15) is 11.4 Å². The minimum absolute atomic E-state index is 0. The number of ether oxygens (including phenoxy) is 4. The number of pyridine rings is 2. The van der Waals surface area contributed by atoms with Crippen molar-refractivity contribution in [2.24, 2.45) is 0 Å². The van der Waals surface area contributed by atoms with Crippen LogP contribution in [0.2, 0.25) is 0 Å². The molecule has 2 aromatic heterocycles. The summed E-state index contributed by atoms with van der Waals surface area (Å²) in [5, 5.41) is 11.2. The molecule has 57 heavy (non-hydrogen) atoms. The zero-order valence-corrected chi connectivity index (χ0v) is 31.4. The summed E-state index contributed by atoms with van der Waals surface area (Å²) in [6, 6.07) is 22.7. The van der Waals surface area contributed by atoms with E-state index in [-0.39, 0.29) is 54.0 Å². The second kappa shape index (κ2) is 18.0. The van der Waals surface area contributed by atoms with Gasteiger partial charge in [-0.3, -0.25) is 19.6 Å². The van der Waals surface area contributed by atoms with Crippen molar-refractivity contribution in [3.8, 4) is 45.3 Å². The molecule has 18 nitrogen and oxygen atoms in total. The number of aliphatic hydroxyl groups excluding tert-OH is 1. The standard InChI is InChI=1S/2C17H9NO3.C2H6O.2ClHO4.Co.H2O/c2*19-16-11-4-2-1-3-10(11)14-13-9(5-6-18-15(13)16)7-12-17(14)21-8-20-12;1-2-3;2*2-1(3,4)5;;/h2*1-7H,8H2;3H,2H2,1H3;2*(H,2,3,4,5);;1H2/q;;;;;+2;/p-2. The second-order valence-corrected chi connectivity index (χ2v) is 12.8. The van der Waals surface area contributed by atoms with Crippen molar-refractivity contribution >= 4 is 33.1 Å². The predicted molar refractivity (Wildman–Crippen MR) is 170 cm³/mol. The molecule has 0 saturated heterocycles. The van der Waals surface area contributed by atoms with E-state index in [1.54, 1.807) is 19.3 Å². The van der Waals surface area contributed by atoms with Crippen molar-refractivity contribution in [3.05, 3.63) is 108 Å². The van der Waals surface area contributed by atoms with E-state index in [0.29, 0.717) is 34.0 Å². The average molecular weight is 872 g/mol.